The van der Waals surface area contributed by atoms with Crippen LogP contribution in [0.25, 0.3) is 0 Å². The molecule has 0 aromatic carbocycles. The van der Waals surface area contributed by atoms with Gasteiger partial charge in [-0.15, -0.1) is 0 Å². The van der Waals surface area contributed by atoms with Gasteiger partial charge in [-0.05, 0) is 25.9 Å². The fourth-order valence-electron chi connectivity index (χ4n) is 0.894. The Balaban J connectivity index is 3.52. The van der Waals surface area contributed by atoms with Crippen LogP contribution in [0.15, 0.2) is 0 Å². The van der Waals surface area contributed by atoms with Crippen LogP contribution >= 0.6 is 0 Å². The van der Waals surface area contributed by atoms with Gasteiger partial charge in [-0.1, -0.05) is 13.8 Å². The first-order valence-electron chi connectivity index (χ1n) is 4.80. The number of hydrogen-bond donors (Lipinski definition) is 2. The second-order valence-electron chi connectivity index (χ2n) is 2.92. The Hall–Kier alpha value is -0.130. The molecule has 0 aliphatic heterocycles. The van der Waals surface area contributed by atoms with Gasteiger partial charge < -0.3 is 5.32 Å². The lowest BCUT2D eigenvalue weighted by Gasteiger charge is -2.05. The van der Waals surface area contributed by atoms with Gasteiger partial charge in [-0.2, -0.15) is 0 Å². The van der Waals surface area contributed by atoms with Gasteiger partial charge in [0.1, 0.15) is 0 Å². The zero-order chi connectivity index (χ0) is 10.2. The summed E-state index contributed by atoms with van der Waals surface area (Å²) in [6, 6.07) is 0. The molecule has 0 aliphatic carbocycles. The molecule has 0 amide bonds. The number of rotatable bonds is 8. The van der Waals surface area contributed by atoms with Gasteiger partial charge in [0.2, 0.25) is 10.0 Å². The van der Waals surface area contributed by atoms with E-state index in [0.717, 1.165) is 19.5 Å². The first-order chi connectivity index (χ1) is 6.12. The van der Waals surface area contributed by atoms with E-state index in [1.54, 1.807) is 0 Å². The number of nitrogens with one attached hydrogen (secondary N) is 2. The molecule has 0 unspecified atom stereocenters. The Labute approximate surface area is 81.2 Å². The number of hydrogen-bond acceptors (Lipinski definition) is 3. The molecule has 0 heterocycles. The minimum Gasteiger partial charge on any atom is -0.317 e. The molecule has 4 nitrogen and oxygen atoms in total. The third kappa shape index (κ3) is 8.21. The van der Waals surface area contributed by atoms with Crippen LogP contribution in [0.4, 0.5) is 0 Å². The lowest BCUT2D eigenvalue weighted by Crippen LogP contribution is -2.28. The van der Waals surface area contributed by atoms with Gasteiger partial charge in [0.05, 0.1) is 5.75 Å². The highest BCUT2D eigenvalue weighted by Crippen LogP contribution is 1.88. The fourth-order valence-corrected chi connectivity index (χ4v) is 2.08. The summed E-state index contributed by atoms with van der Waals surface area (Å²) >= 11 is 0. The molecule has 0 spiro atoms. The summed E-state index contributed by atoms with van der Waals surface area (Å²) in [4.78, 5) is 0. The van der Waals surface area contributed by atoms with E-state index in [4.69, 9.17) is 0 Å². The molecular formula is C8H20N2O2S. The van der Waals surface area contributed by atoms with E-state index < -0.39 is 10.0 Å². The van der Waals surface area contributed by atoms with Crippen molar-refractivity contribution in [3.63, 3.8) is 0 Å². The molecule has 0 aromatic rings. The second kappa shape index (κ2) is 7.29. The van der Waals surface area contributed by atoms with Crippen LogP contribution in [-0.4, -0.2) is 33.8 Å². The van der Waals surface area contributed by atoms with E-state index in [1.807, 2.05) is 13.8 Å². The molecule has 0 aliphatic rings. The van der Waals surface area contributed by atoms with E-state index >= 15 is 0 Å². The van der Waals surface area contributed by atoms with Gasteiger partial charge >= 0.3 is 0 Å². The zero-order valence-corrected chi connectivity index (χ0v) is 9.28. The van der Waals surface area contributed by atoms with Crippen molar-refractivity contribution in [3.05, 3.63) is 0 Å². The predicted octanol–water partition coefficient (Wildman–Crippen LogP) is 0.315. The monoisotopic (exact) mass is 208 g/mol. The average molecular weight is 208 g/mol. The summed E-state index contributed by atoms with van der Waals surface area (Å²) in [5.74, 6) is 0.222. The van der Waals surface area contributed by atoms with Crippen LogP contribution in [-0.2, 0) is 10.0 Å². The predicted molar refractivity (Wildman–Crippen MR) is 55.2 cm³/mol. The topological polar surface area (TPSA) is 58.2 Å². The minimum atomic E-state index is -3.01. The van der Waals surface area contributed by atoms with Crippen molar-refractivity contribution in [2.24, 2.45) is 0 Å². The third-order valence-electron chi connectivity index (χ3n) is 1.59. The molecule has 0 fully saturated rings. The first kappa shape index (κ1) is 12.9. The summed E-state index contributed by atoms with van der Waals surface area (Å²) in [5.41, 5.74) is 0. The molecule has 80 valence electrons. The SMILES string of the molecule is CCCNS(=O)(=O)CCCNCC. The van der Waals surface area contributed by atoms with Crippen molar-refractivity contribution in [1.29, 1.82) is 0 Å². The quantitative estimate of drug-likeness (QED) is 0.565. The molecule has 0 saturated heterocycles. The standard InChI is InChI=1S/C8H20N2O2S/c1-3-6-10-13(11,12)8-5-7-9-4-2/h9-10H,3-8H2,1-2H3. The lowest BCUT2D eigenvalue weighted by molar-refractivity contribution is 0.575. The Bertz CT molecular complexity index is 202. The molecule has 0 bridgehead atoms. The Morgan fingerprint density at radius 1 is 1.15 bits per heavy atom. The van der Waals surface area contributed by atoms with Crippen LogP contribution in [0, 0.1) is 0 Å². The summed E-state index contributed by atoms with van der Waals surface area (Å²) in [5, 5.41) is 3.08. The van der Waals surface area contributed by atoms with Gasteiger partial charge in [-0.25, -0.2) is 13.1 Å². The normalized spacial score (nSPS) is 11.8. The second-order valence-corrected chi connectivity index (χ2v) is 4.85. The molecular weight excluding hydrogens is 188 g/mol. The molecule has 5 heteroatoms. The summed E-state index contributed by atoms with van der Waals surface area (Å²) < 4.78 is 25.0. The third-order valence-corrected chi connectivity index (χ3v) is 3.06. The van der Waals surface area contributed by atoms with E-state index in [9.17, 15) is 8.42 Å². The van der Waals surface area contributed by atoms with Crippen LogP contribution < -0.4 is 10.0 Å². The maximum Gasteiger partial charge on any atom is 0.211 e. The van der Waals surface area contributed by atoms with Crippen LogP contribution in [0.2, 0.25) is 0 Å². The lowest BCUT2D eigenvalue weighted by atomic mass is 10.5. The summed E-state index contributed by atoms with van der Waals surface area (Å²) in [7, 11) is -3.01. The fraction of sp³-hybridized carbons (Fsp3) is 1.00. The van der Waals surface area contributed by atoms with Gasteiger partial charge in [0.25, 0.3) is 0 Å². The van der Waals surface area contributed by atoms with Crippen molar-refractivity contribution < 1.29 is 8.42 Å². The summed E-state index contributed by atoms with van der Waals surface area (Å²) in [6.45, 7) is 6.15. The maximum atomic E-state index is 11.2. The molecule has 0 radical (unpaired) electrons. The van der Waals surface area contributed by atoms with Gasteiger partial charge in [0.15, 0.2) is 0 Å². The van der Waals surface area contributed by atoms with Crippen molar-refractivity contribution in [2.45, 2.75) is 26.7 Å². The smallest absolute Gasteiger partial charge is 0.211 e. The molecule has 0 atom stereocenters. The maximum absolute atomic E-state index is 11.2. The van der Waals surface area contributed by atoms with Crippen LogP contribution in [0.1, 0.15) is 26.7 Å². The minimum absolute atomic E-state index is 0.222. The zero-order valence-electron chi connectivity index (χ0n) is 8.47. The number of sulfonamides is 1. The first-order valence-corrected chi connectivity index (χ1v) is 6.45. The van der Waals surface area contributed by atoms with E-state index in [0.29, 0.717) is 13.0 Å². The van der Waals surface area contributed by atoms with Crippen LogP contribution in [0.5, 0.6) is 0 Å². The van der Waals surface area contributed by atoms with Crippen molar-refractivity contribution >= 4 is 10.0 Å². The summed E-state index contributed by atoms with van der Waals surface area (Å²) in [6.07, 6.45) is 1.51. The van der Waals surface area contributed by atoms with Crippen molar-refractivity contribution in [1.82, 2.24) is 10.0 Å². The largest absolute Gasteiger partial charge is 0.317 e. The van der Waals surface area contributed by atoms with E-state index in [-0.39, 0.29) is 5.75 Å². The molecule has 0 rings (SSSR count). The van der Waals surface area contributed by atoms with E-state index in [1.165, 1.54) is 0 Å². The van der Waals surface area contributed by atoms with Gasteiger partial charge in [-0.3, -0.25) is 0 Å². The average Bonchev–Trinajstić information content (AvgIpc) is 2.09. The Morgan fingerprint density at radius 3 is 2.38 bits per heavy atom. The Kier molecular flexibility index (Phi) is 7.22. The highest BCUT2D eigenvalue weighted by Gasteiger charge is 2.07. The molecule has 0 saturated carbocycles. The highest BCUT2D eigenvalue weighted by atomic mass is 32.2. The van der Waals surface area contributed by atoms with Crippen LogP contribution in [0.3, 0.4) is 0 Å². The van der Waals surface area contributed by atoms with Crippen molar-refractivity contribution in [3.8, 4) is 0 Å². The molecule has 13 heavy (non-hydrogen) atoms. The van der Waals surface area contributed by atoms with Crippen molar-refractivity contribution in [2.75, 3.05) is 25.4 Å². The molecule has 0 aromatic heterocycles. The molecule has 2 N–H and O–H groups in total. The highest BCUT2D eigenvalue weighted by molar-refractivity contribution is 7.89. The van der Waals surface area contributed by atoms with E-state index in [2.05, 4.69) is 10.0 Å². The van der Waals surface area contributed by atoms with Gasteiger partial charge in [0, 0.05) is 6.54 Å². The Morgan fingerprint density at radius 2 is 1.85 bits per heavy atom.